The second-order valence-corrected chi connectivity index (χ2v) is 28.1. The Hall–Kier alpha value is -4.61. The molecule has 1 aromatic heterocycles. The fraction of sp³-hybridized carbons (Fsp3) is 0.391. The van der Waals surface area contributed by atoms with Crippen molar-refractivity contribution in [1.82, 2.24) is 0 Å². The Morgan fingerprint density at radius 3 is 1.05 bits per heavy atom. The third-order valence-electron chi connectivity index (χ3n) is 12.7. The van der Waals surface area contributed by atoms with Gasteiger partial charge in [0.15, 0.2) is 23.1 Å². The number of allylic oxidation sites excluding steroid dienone is 4. The summed E-state index contributed by atoms with van der Waals surface area (Å²) in [6.07, 6.45) is 5.31. The molecule has 286 valence electrons. The average Bonchev–Trinajstić information content (AvgIpc) is 3.50. The molecule has 5 aromatic rings. The van der Waals surface area contributed by atoms with E-state index < -0.39 is 16.6 Å². The molecule has 0 aliphatic heterocycles. The van der Waals surface area contributed by atoms with Crippen molar-refractivity contribution in [2.24, 2.45) is 0 Å². The Morgan fingerprint density at radius 1 is 0.436 bits per heavy atom. The molecule has 0 fully saturated rings. The van der Waals surface area contributed by atoms with Gasteiger partial charge in [0.25, 0.3) is 16.6 Å². The molecule has 0 spiro atoms. The number of benzene rings is 4. The maximum atomic E-state index is 14.0. The van der Waals surface area contributed by atoms with Gasteiger partial charge in [0.2, 0.25) is 0 Å². The number of rotatable bonds is 10. The summed E-state index contributed by atoms with van der Waals surface area (Å²) < 4.78 is 21.3. The lowest BCUT2D eigenvalue weighted by molar-refractivity contribution is 0.0995. The molecule has 4 aromatic carbocycles. The van der Waals surface area contributed by atoms with Gasteiger partial charge in [-0.05, 0) is 93.9 Å². The predicted molar refractivity (Wildman–Crippen MR) is 228 cm³/mol. The molecule has 2 aliphatic rings. The average molecular weight is 773 g/mol. The molecule has 0 radical (unpaired) electrons. The van der Waals surface area contributed by atoms with Crippen molar-refractivity contribution in [2.75, 3.05) is 0 Å². The highest BCUT2D eigenvalue weighted by atomic mass is 28.4. The lowest BCUT2D eigenvalue weighted by atomic mass is 9.85. The minimum Gasteiger partial charge on any atom is -0.542 e. The fourth-order valence-electron chi connectivity index (χ4n) is 10.5. The smallest absolute Gasteiger partial charge is 0.258 e. The van der Waals surface area contributed by atoms with E-state index >= 15 is 0 Å². The van der Waals surface area contributed by atoms with Gasteiger partial charge >= 0.3 is 0 Å². The maximum Gasteiger partial charge on any atom is 0.258 e. The van der Waals surface area contributed by atoms with Gasteiger partial charge in [0.05, 0.1) is 0 Å². The lowest BCUT2D eigenvalue weighted by Crippen LogP contribution is -2.50. The van der Waals surface area contributed by atoms with Crippen LogP contribution in [-0.2, 0) is 0 Å². The number of ketones is 4. The standard InChI is InChI=1S/C46H52O7Si2/c1-23(2)54(24(3)4,25(5)6)52-39-21-31-33(47)15-17-35(49)41(31)43-29(39)13-19-37-45(43)46-38(51-37)20-14-30-40(53-55(26(7)8,27(9)10)28(11)12)22-32-34(48)16-18-36(50)42(32)44(30)46/h13-28H,1-12H3. The van der Waals surface area contributed by atoms with E-state index in [-0.39, 0.29) is 78.6 Å². The summed E-state index contributed by atoms with van der Waals surface area (Å²) in [6.45, 7) is 26.5. The number of hydrogen-bond acceptors (Lipinski definition) is 7. The topological polar surface area (TPSA) is 99.9 Å². The van der Waals surface area contributed by atoms with E-state index in [1.165, 1.54) is 24.3 Å². The van der Waals surface area contributed by atoms with Crippen molar-refractivity contribution >= 4 is 83.3 Å². The highest BCUT2D eigenvalue weighted by Gasteiger charge is 2.49. The van der Waals surface area contributed by atoms with Gasteiger partial charge in [-0.3, -0.25) is 19.2 Å². The lowest BCUT2D eigenvalue weighted by Gasteiger charge is -2.42. The first-order valence-electron chi connectivity index (χ1n) is 19.7. The van der Waals surface area contributed by atoms with Crippen molar-refractivity contribution in [1.29, 1.82) is 0 Å². The van der Waals surface area contributed by atoms with Gasteiger partial charge in [-0.2, -0.15) is 0 Å². The highest BCUT2D eigenvalue weighted by Crippen LogP contribution is 2.51. The molecule has 9 heteroatoms. The first-order valence-corrected chi connectivity index (χ1v) is 24.0. The van der Waals surface area contributed by atoms with Crippen LogP contribution in [0, 0.1) is 0 Å². The Morgan fingerprint density at radius 2 is 0.745 bits per heavy atom. The Labute approximate surface area is 325 Å². The quantitative estimate of drug-likeness (QED) is 0.130. The van der Waals surface area contributed by atoms with Crippen molar-refractivity contribution < 1.29 is 32.4 Å². The number of fused-ring (bicyclic) bond motifs is 11. The molecule has 0 atom stereocenters. The van der Waals surface area contributed by atoms with E-state index in [0.717, 1.165) is 0 Å². The molecule has 0 saturated heterocycles. The summed E-state index contributed by atoms with van der Waals surface area (Å²) in [5, 5.41) is 3.65. The first kappa shape index (κ1) is 38.7. The van der Waals surface area contributed by atoms with Crippen LogP contribution in [0.15, 0.2) is 65.1 Å². The van der Waals surface area contributed by atoms with Crippen LogP contribution in [0.25, 0.3) is 43.5 Å². The number of carbonyl (C=O) groups is 4. The molecule has 7 nitrogen and oxygen atoms in total. The second kappa shape index (κ2) is 13.6. The predicted octanol–water partition coefficient (Wildman–Crippen LogP) is 12.9. The van der Waals surface area contributed by atoms with E-state index in [1.54, 1.807) is 12.1 Å². The van der Waals surface area contributed by atoms with Crippen molar-refractivity contribution in [2.45, 2.75) is 116 Å². The van der Waals surface area contributed by atoms with Gasteiger partial charge in [0.1, 0.15) is 22.7 Å². The summed E-state index contributed by atoms with van der Waals surface area (Å²) in [6, 6.07) is 11.1. The molecule has 0 unspecified atom stereocenters. The van der Waals surface area contributed by atoms with Gasteiger partial charge in [0, 0.05) is 54.6 Å². The number of carbonyl (C=O) groups excluding carboxylic acids is 4. The third kappa shape index (κ3) is 5.55. The van der Waals surface area contributed by atoms with Crippen LogP contribution < -0.4 is 8.85 Å². The van der Waals surface area contributed by atoms with Gasteiger partial charge < -0.3 is 13.3 Å². The van der Waals surface area contributed by atoms with E-state index in [2.05, 4.69) is 83.1 Å². The van der Waals surface area contributed by atoms with Crippen LogP contribution >= 0.6 is 0 Å². The fourth-order valence-corrected chi connectivity index (χ4v) is 21.0. The molecule has 0 amide bonds. The minimum absolute atomic E-state index is 0.248. The molecule has 0 bridgehead atoms. The largest absolute Gasteiger partial charge is 0.542 e. The van der Waals surface area contributed by atoms with E-state index in [1.807, 2.05) is 24.3 Å². The highest BCUT2D eigenvalue weighted by molar-refractivity contribution is 6.79. The van der Waals surface area contributed by atoms with E-state index in [0.29, 0.717) is 55.0 Å². The zero-order chi connectivity index (χ0) is 40.0. The third-order valence-corrected chi connectivity index (χ3v) is 24.7. The van der Waals surface area contributed by atoms with Crippen LogP contribution in [-0.4, -0.2) is 39.8 Å². The summed E-state index contributed by atoms with van der Waals surface area (Å²) in [5.74, 6) is -0.0284. The monoisotopic (exact) mass is 772 g/mol. The van der Waals surface area contributed by atoms with Crippen LogP contribution in [0.5, 0.6) is 11.5 Å². The Bertz CT molecular complexity index is 2330. The summed E-state index contributed by atoms with van der Waals surface area (Å²) in [7, 11) is -5.11. The minimum atomic E-state index is -2.55. The Balaban J connectivity index is 1.70. The molecular weight excluding hydrogens is 721 g/mol. The van der Waals surface area contributed by atoms with Crippen molar-refractivity contribution in [3.8, 4) is 11.5 Å². The SMILES string of the molecule is CC(C)[Si](Oc1cc2c(c3c1ccc1oc4ccc5c(O[Si](C(C)C)(C(C)C)C(C)C)cc6c(c5c4c13)C(=O)C=CC6=O)C(=O)C=CC2=O)(C(C)C)C(C)C. The van der Waals surface area contributed by atoms with Crippen LogP contribution in [0.1, 0.15) is 125 Å². The number of hydrogen-bond donors (Lipinski definition) is 0. The molecule has 0 saturated carbocycles. The zero-order valence-electron chi connectivity index (χ0n) is 34.1. The van der Waals surface area contributed by atoms with Gasteiger partial charge in [-0.1, -0.05) is 83.1 Å². The van der Waals surface area contributed by atoms with Crippen molar-refractivity contribution in [3.63, 3.8) is 0 Å². The molecule has 0 N–H and O–H groups in total. The van der Waals surface area contributed by atoms with Gasteiger partial charge in [-0.15, -0.1) is 0 Å². The molecule has 7 rings (SSSR count). The van der Waals surface area contributed by atoms with E-state index in [4.69, 9.17) is 13.3 Å². The molecule has 55 heavy (non-hydrogen) atoms. The summed E-state index contributed by atoms with van der Waals surface area (Å²) in [5.41, 5.74) is 3.58. The second-order valence-electron chi connectivity index (χ2n) is 17.4. The molecule has 1 heterocycles. The first-order chi connectivity index (χ1) is 25.9. The van der Waals surface area contributed by atoms with Crippen LogP contribution in [0.3, 0.4) is 0 Å². The van der Waals surface area contributed by atoms with Crippen LogP contribution in [0.4, 0.5) is 0 Å². The molecular formula is C46H52O7Si2. The summed E-state index contributed by atoms with van der Waals surface area (Å²) in [4.78, 5) is 55.6. The van der Waals surface area contributed by atoms with Crippen LogP contribution in [0.2, 0.25) is 33.2 Å². The number of furan rings is 1. The van der Waals surface area contributed by atoms with E-state index in [9.17, 15) is 19.2 Å². The zero-order valence-corrected chi connectivity index (χ0v) is 36.1. The maximum absolute atomic E-state index is 14.0. The normalized spacial score (nSPS) is 15.2. The Kier molecular flexibility index (Phi) is 9.52. The molecule has 2 aliphatic carbocycles. The van der Waals surface area contributed by atoms with Crippen molar-refractivity contribution in [3.05, 3.63) is 83.0 Å². The van der Waals surface area contributed by atoms with Gasteiger partial charge in [-0.25, -0.2) is 0 Å². The summed E-state index contributed by atoms with van der Waals surface area (Å²) >= 11 is 0.